The predicted molar refractivity (Wildman–Crippen MR) is 275 cm³/mol. The molecule has 0 radical (unpaired) electrons. The van der Waals surface area contributed by atoms with Gasteiger partial charge < -0.3 is 39.0 Å². The average molecular weight is 978 g/mol. The molecule has 0 aliphatic carbocycles. The van der Waals surface area contributed by atoms with Gasteiger partial charge in [-0.25, -0.2) is 9.59 Å². The SMILES string of the molecule is C=CCN(C(=O)O)[C@H](C(=O)N[C@@H](C)C(=O)Nc1ccc(COC(=O)Nc2cc(O[Si](C(C)C)(C(C)C)C(C)C)c(OC)cc2C(=O)N2C=C(/C=C/C)C[C@H]2CO[Si](C)(C)C(C)(C)C)cc1)C(C)C. The van der Waals surface area contributed by atoms with Gasteiger partial charge in [-0.15, -0.1) is 6.58 Å². The van der Waals surface area contributed by atoms with Crippen LogP contribution in [0.2, 0.25) is 34.8 Å². The fourth-order valence-electron chi connectivity index (χ4n) is 8.53. The van der Waals surface area contributed by atoms with Gasteiger partial charge in [-0.3, -0.25) is 24.6 Å². The van der Waals surface area contributed by atoms with Crippen LogP contribution in [0, 0.1) is 5.92 Å². The Morgan fingerprint density at radius 2 is 1.51 bits per heavy atom. The van der Waals surface area contributed by atoms with Crippen LogP contribution in [-0.4, -0.2) is 99.8 Å². The lowest BCUT2D eigenvalue weighted by atomic mass is 10.0. The van der Waals surface area contributed by atoms with Gasteiger partial charge in [-0.2, -0.15) is 0 Å². The molecule has 0 fully saturated rings. The van der Waals surface area contributed by atoms with Crippen molar-refractivity contribution in [3.8, 4) is 11.5 Å². The molecule has 2 aromatic rings. The molecule has 3 rings (SSSR count). The largest absolute Gasteiger partial charge is 0.540 e. The van der Waals surface area contributed by atoms with E-state index in [0.29, 0.717) is 35.8 Å². The van der Waals surface area contributed by atoms with E-state index in [1.165, 1.54) is 20.1 Å². The standard InChI is InChI=1S/C51H79N5O10Si2/c1-18-20-38-26-40(31-65-67(16,17)51(12,13)14)56(29-38)48(59)41-27-43(63-15)44(66-68(33(5)6,34(7)8)35(9)10)28-42(41)54-49(60)64-30-37-21-23-39(24-22-37)53-46(57)36(11)52-47(58)45(32(3)4)55(25-19-2)50(61)62/h18-24,27-29,32-36,40,45H,2,25-26,30-31H2,1,3-17H3,(H,52,58)(H,53,57)(H,54,60)(H,61,62)/b20-18+/t36-,40-,45-/m0/s1. The summed E-state index contributed by atoms with van der Waals surface area (Å²) < 4.78 is 25.4. The van der Waals surface area contributed by atoms with Gasteiger partial charge in [0.25, 0.3) is 14.2 Å². The van der Waals surface area contributed by atoms with E-state index >= 15 is 0 Å². The van der Waals surface area contributed by atoms with Crippen molar-refractivity contribution < 1.29 is 47.4 Å². The Balaban J connectivity index is 1.92. The number of anilines is 2. The number of carbonyl (C=O) groups is 5. The number of rotatable bonds is 22. The zero-order valence-electron chi connectivity index (χ0n) is 43.4. The van der Waals surface area contributed by atoms with Crippen LogP contribution in [0.25, 0.3) is 0 Å². The molecule has 0 saturated carbocycles. The van der Waals surface area contributed by atoms with E-state index in [0.717, 1.165) is 10.5 Å². The second kappa shape index (κ2) is 24.2. The molecule has 0 unspecified atom stereocenters. The minimum atomic E-state index is -2.55. The maximum absolute atomic E-state index is 14.9. The first kappa shape index (κ1) is 56.9. The number of allylic oxidation sites excluding steroid dienone is 2. The summed E-state index contributed by atoms with van der Waals surface area (Å²) >= 11 is 0. The highest BCUT2D eigenvalue weighted by molar-refractivity contribution is 6.78. The Hall–Kier alpha value is -5.40. The number of methoxy groups -OCH3 is 1. The summed E-state index contributed by atoms with van der Waals surface area (Å²) in [6.45, 7) is 34.6. The summed E-state index contributed by atoms with van der Waals surface area (Å²) in [5.41, 5.74) is 3.06. The molecule has 5 amide bonds. The highest BCUT2D eigenvalue weighted by atomic mass is 28.4. The zero-order valence-corrected chi connectivity index (χ0v) is 45.4. The van der Waals surface area contributed by atoms with Crippen molar-refractivity contribution >= 4 is 57.9 Å². The quantitative estimate of drug-likeness (QED) is 0.0654. The van der Waals surface area contributed by atoms with Crippen molar-refractivity contribution in [1.82, 2.24) is 15.1 Å². The molecule has 376 valence electrons. The van der Waals surface area contributed by atoms with E-state index in [9.17, 15) is 29.1 Å². The van der Waals surface area contributed by atoms with Crippen molar-refractivity contribution in [3.63, 3.8) is 0 Å². The van der Waals surface area contributed by atoms with Gasteiger partial charge in [0, 0.05) is 24.5 Å². The second-order valence-corrected chi connectivity index (χ2v) is 30.5. The second-order valence-electron chi connectivity index (χ2n) is 20.3. The molecule has 0 aromatic heterocycles. The maximum Gasteiger partial charge on any atom is 0.411 e. The third-order valence-corrected chi connectivity index (χ3v) is 23.6. The van der Waals surface area contributed by atoms with Crippen LogP contribution in [-0.2, 0) is 25.4 Å². The minimum absolute atomic E-state index is 0.0301. The summed E-state index contributed by atoms with van der Waals surface area (Å²) in [6, 6.07) is 7.60. The lowest BCUT2D eigenvalue weighted by molar-refractivity contribution is -0.130. The van der Waals surface area contributed by atoms with E-state index < -0.39 is 52.7 Å². The topological polar surface area (TPSA) is 185 Å². The number of nitrogens with zero attached hydrogens (tertiary/aromatic N) is 2. The van der Waals surface area contributed by atoms with Gasteiger partial charge >= 0.3 is 12.2 Å². The van der Waals surface area contributed by atoms with E-state index in [-0.39, 0.29) is 63.9 Å². The van der Waals surface area contributed by atoms with Crippen molar-refractivity contribution in [2.75, 3.05) is 30.9 Å². The van der Waals surface area contributed by atoms with Crippen LogP contribution < -0.4 is 25.1 Å². The number of carbonyl (C=O) groups excluding carboxylic acids is 4. The van der Waals surface area contributed by atoms with Gasteiger partial charge in [0.1, 0.15) is 24.4 Å². The zero-order chi connectivity index (χ0) is 51.5. The molecule has 0 spiro atoms. The predicted octanol–water partition coefficient (Wildman–Crippen LogP) is 11.3. The third kappa shape index (κ3) is 14.1. The smallest absolute Gasteiger partial charge is 0.411 e. The number of amides is 5. The fourth-order valence-corrected chi connectivity index (χ4v) is 14.8. The molecule has 0 saturated heterocycles. The van der Waals surface area contributed by atoms with E-state index in [4.69, 9.17) is 18.3 Å². The van der Waals surface area contributed by atoms with Crippen LogP contribution in [0.4, 0.5) is 21.0 Å². The fraction of sp³-hybridized carbons (Fsp3) is 0.549. The Morgan fingerprint density at radius 1 is 0.912 bits per heavy atom. The third-order valence-electron chi connectivity index (χ3n) is 13.1. The number of carboxylic acid groups (broad SMARTS) is 1. The van der Waals surface area contributed by atoms with Crippen molar-refractivity contribution in [2.45, 2.75) is 156 Å². The van der Waals surface area contributed by atoms with E-state index in [1.807, 2.05) is 25.3 Å². The Labute approximate surface area is 407 Å². The number of nitrogens with one attached hydrogen (secondary N) is 3. The molecule has 17 heteroatoms. The van der Waals surface area contributed by atoms with Crippen LogP contribution in [0.5, 0.6) is 11.5 Å². The monoisotopic (exact) mass is 978 g/mol. The molecular weight excluding hydrogens is 899 g/mol. The van der Waals surface area contributed by atoms with Crippen molar-refractivity contribution in [2.24, 2.45) is 5.92 Å². The Morgan fingerprint density at radius 3 is 2.01 bits per heavy atom. The van der Waals surface area contributed by atoms with Crippen LogP contribution >= 0.6 is 0 Å². The first-order valence-corrected chi connectivity index (χ1v) is 28.7. The summed E-state index contributed by atoms with van der Waals surface area (Å²) in [6.07, 6.45) is 5.69. The van der Waals surface area contributed by atoms with Gasteiger partial charge in [-0.1, -0.05) is 107 Å². The first-order chi connectivity index (χ1) is 31.6. The lowest BCUT2D eigenvalue weighted by Crippen LogP contribution is -2.55. The van der Waals surface area contributed by atoms with Gasteiger partial charge in [-0.05, 0) is 90.3 Å². The van der Waals surface area contributed by atoms with Gasteiger partial charge in [0.05, 0.1) is 31.0 Å². The summed E-state index contributed by atoms with van der Waals surface area (Å²) in [5, 5.41) is 17.9. The summed E-state index contributed by atoms with van der Waals surface area (Å²) in [4.78, 5) is 69.5. The number of benzene rings is 2. The molecule has 15 nitrogen and oxygen atoms in total. The highest BCUT2D eigenvalue weighted by Crippen LogP contribution is 2.46. The Kier molecular flexibility index (Phi) is 20.3. The summed E-state index contributed by atoms with van der Waals surface area (Å²) in [7, 11) is -3.18. The molecule has 1 aliphatic rings. The minimum Gasteiger partial charge on any atom is -0.540 e. The van der Waals surface area contributed by atoms with Gasteiger partial charge in [0.2, 0.25) is 11.8 Å². The average Bonchev–Trinajstić information content (AvgIpc) is 3.65. The van der Waals surface area contributed by atoms with Crippen LogP contribution in [0.1, 0.15) is 112 Å². The number of hydrogen-bond acceptors (Lipinski definition) is 9. The number of ether oxygens (including phenoxy) is 2. The molecule has 1 aliphatic heterocycles. The molecule has 4 N–H and O–H groups in total. The highest BCUT2D eigenvalue weighted by Gasteiger charge is 2.48. The lowest BCUT2D eigenvalue weighted by Gasteiger charge is -2.42. The maximum atomic E-state index is 14.9. The molecule has 3 atom stereocenters. The first-order valence-electron chi connectivity index (χ1n) is 23.6. The van der Waals surface area contributed by atoms with Crippen LogP contribution in [0.15, 0.2) is 73.0 Å². The van der Waals surface area contributed by atoms with Crippen molar-refractivity contribution in [3.05, 3.63) is 84.1 Å². The van der Waals surface area contributed by atoms with Crippen molar-refractivity contribution in [1.29, 1.82) is 0 Å². The van der Waals surface area contributed by atoms with E-state index in [2.05, 4.69) is 97.9 Å². The Bertz CT molecular complexity index is 2140. The normalized spacial score (nSPS) is 15.3. The number of hydrogen-bond donors (Lipinski definition) is 4. The van der Waals surface area contributed by atoms with E-state index in [1.54, 1.807) is 55.1 Å². The summed E-state index contributed by atoms with van der Waals surface area (Å²) in [5.74, 6) is -1.05. The van der Waals surface area contributed by atoms with Crippen LogP contribution in [0.3, 0.4) is 0 Å². The molecule has 1 heterocycles. The van der Waals surface area contributed by atoms with Gasteiger partial charge in [0.15, 0.2) is 14.1 Å². The molecule has 0 bridgehead atoms. The molecule has 2 aromatic carbocycles. The molecular formula is C51H79N5O10Si2. The molecule has 68 heavy (non-hydrogen) atoms.